The van der Waals surface area contributed by atoms with Crippen molar-refractivity contribution in [1.82, 2.24) is 20.1 Å². The number of nitrogens with one attached hydrogen (secondary N) is 1. The number of fused-ring (bicyclic) bond motifs is 1. The summed E-state index contributed by atoms with van der Waals surface area (Å²) in [5, 5.41) is 14.0. The number of carbonyl (C=O) groups is 1. The van der Waals surface area contributed by atoms with E-state index in [9.17, 15) is 22.8 Å². The number of halogens is 3. The van der Waals surface area contributed by atoms with Crippen LogP contribution >= 0.6 is 0 Å². The summed E-state index contributed by atoms with van der Waals surface area (Å²) < 4.78 is 38.1. The second-order valence-electron chi connectivity index (χ2n) is 9.57. The van der Waals surface area contributed by atoms with Crippen molar-refractivity contribution in [1.29, 1.82) is 5.26 Å². The Labute approximate surface area is 243 Å². The van der Waals surface area contributed by atoms with Gasteiger partial charge in [-0.05, 0) is 63.1 Å². The first-order valence-corrected chi connectivity index (χ1v) is 14.8. The maximum Gasteiger partial charge on any atom is 0.422 e. The molecule has 2 aromatic heterocycles. The van der Waals surface area contributed by atoms with Crippen LogP contribution in [0.2, 0.25) is 0 Å². The molecule has 0 aliphatic heterocycles. The molecule has 1 unspecified atom stereocenters. The number of unbranched alkanes of at least 4 members (excludes halogenated alkanes) is 2. The molecule has 0 aromatic carbocycles. The van der Waals surface area contributed by atoms with E-state index in [4.69, 9.17) is 5.26 Å². The van der Waals surface area contributed by atoms with Gasteiger partial charge in [0.05, 0.1) is 11.3 Å². The lowest BCUT2D eigenvalue weighted by Crippen LogP contribution is -2.32. The van der Waals surface area contributed by atoms with E-state index in [2.05, 4.69) is 30.9 Å². The minimum absolute atomic E-state index is 0.0351. The van der Waals surface area contributed by atoms with Crippen LogP contribution in [0.3, 0.4) is 0 Å². The molecule has 0 fully saturated rings. The quantitative estimate of drug-likeness (QED) is 0.306. The molecule has 1 aliphatic rings. The molecule has 41 heavy (non-hydrogen) atoms. The Balaban J connectivity index is 0.000000587. The standard InChI is InChI=1S/C12H25NO.C10H11F3N2O.C7H6N2.C2H6/c1-4-7-8-11-13(10-6-3)12(14)9-5-2;1-2-5-3-4-6-7(10(11,12)13)9(16)15-14-8(5)6;1-6-2-3-7(4-8)5-9-6;1-2/h4-11H2,1-3H3;5H,2-4H2,1H3,(H,15,16);2-3,5H,1H3;1-2H3. The van der Waals surface area contributed by atoms with Crippen LogP contribution in [-0.2, 0) is 17.4 Å². The van der Waals surface area contributed by atoms with Gasteiger partial charge in [0.2, 0.25) is 5.91 Å². The SMILES string of the molecule is CC.CCC1CCc2c1n[nH]c(=O)c2C(F)(F)F.CCCCCN(CCC)C(=O)CCC.Cc1ccc(C#N)cn1. The van der Waals surface area contributed by atoms with E-state index in [1.165, 1.54) is 12.8 Å². The molecular weight excluding hydrogens is 531 g/mol. The molecule has 1 N–H and O–H groups in total. The van der Waals surface area contributed by atoms with E-state index in [-0.39, 0.29) is 11.5 Å². The third-order valence-electron chi connectivity index (χ3n) is 6.40. The van der Waals surface area contributed by atoms with E-state index in [1.807, 2.05) is 49.8 Å². The Morgan fingerprint density at radius 2 is 1.78 bits per heavy atom. The lowest BCUT2D eigenvalue weighted by molar-refractivity contribution is -0.139. The summed E-state index contributed by atoms with van der Waals surface area (Å²) in [5.41, 5.74) is -0.149. The number of nitrogens with zero attached hydrogens (tertiary/aromatic N) is 4. The van der Waals surface area contributed by atoms with Crippen molar-refractivity contribution >= 4 is 5.91 Å². The highest BCUT2D eigenvalue weighted by molar-refractivity contribution is 5.76. The number of aromatic nitrogens is 3. The van der Waals surface area contributed by atoms with Crippen molar-refractivity contribution in [2.45, 2.75) is 118 Å². The molecule has 7 nitrogen and oxygen atoms in total. The van der Waals surface area contributed by atoms with Gasteiger partial charge < -0.3 is 4.90 Å². The predicted octanol–water partition coefficient (Wildman–Crippen LogP) is 7.73. The topological polar surface area (TPSA) is 103 Å². The fraction of sp³-hybridized carbons (Fsp3) is 0.645. The number of H-pyrrole nitrogens is 1. The van der Waals surface area contributed by atoms with Gasteiger partial charge in [0.15, 0.2) is 0 Å². The molecule has 230 valence electrons. The van der Waals surface area contributed by atoms with Crippen LogP contribution in [0.1, 0.15) is 127 Å². The maximum atomic E-state index is 12.7. The largest absolute Gasteiger partial charge is 0.422 e. The van der Waals surface area contributed by atoms with Gasteiger partial charge in [0.25, 0.3) is 5.56 Å². The van der Waals surface area contributed by atoms with Crippen molar-refractivity contribution < 1.29 is 18.0 Å². The van der Waals surface area contributed by atoms with Crippen LogP contribution in [0.5, 0.6) is 0 Å². The molecule has 0 bridgehead atoms. The number of amides is 1. The highest BCUT2D eigenvalue weighted by Crippen LogP contribution is 2.39. The van der Waals surface area contributed by atoms with Gasteiger partial charge in [-0.15, -0.1) is 0 Å². The monoisotopic (exact) mass is 579 g/mol. The second kappa shape index (κ2) is 20.6. The van der Waals surface area contributed by atoms with Gasteiger partial charge in [-0.1, -0.05) is 54.4 Å². The fourth-order valence-corrected chi connectivity index (χ4v) is 4.33. The molecule has 0 radical (unpaired) electrons. The maximum absolute atomic E-state index is 12.7. The molecule has 3 rings (SSSR count). The number of rotatable bonds is 9. The van der Waals surface area contributed by atoms with Crippen LogP contribution in [-0.4, -0.2) is 39.1 Å². The number of aromatic amines is 1. The van der Waals surface area contributed by atoms with Crippen molar-refractivity contribution in [2.24, 2.45) is 0 Å². The molecule has 10 heteroatoms. The first-order valence-electron chi connectivity index (χ1n) is 14.8. The molecule has 1 aliphatic carbocycles. The highest BCUT2D eigenvalue weighted by Gasteiger charge is 2.40. The smallest absolute Gasteiger partial charge is 0.343 e. The fourth-order valence-electron chi connectivity index (χ4n) is 4.33. The van der Waals surface area contributed by atoms with Crippen molar-refractivity contribution in [3.05, 3.63) is 56.8 Å². The van der Waals surface area contributed by atoms with E-state index < -0.39 is 17.3 Å². The van der Waals surface area contributed by atoms with Crippen molar-refractivity contribution in [3.8, 4) is 6.07 Å². The average molecular weight is 580 g/mol. The highest BCUT2D eigenvalue weighted by atomic mass is 19.4. The zero-order valence-electron chi connectivity index (χ0n) is 25.8. The Morgan fingerprint density at radius 1 is 1.10 bits per heavy atom. The average Bonchev–Trinajstić information content (AvgIpc) is 3.37. The minimum Gasteiger partial charge on any atom is -0.343 e. The molecule has 0 saturated heterocycles. The van der Waals surface area contributed by atoms with Crippen molar-refractivity contribution in [3.63, 3.8) is 0 Å². The van der Waals surface area contributed by atoms with Gasteiger partial charge in [-0.2, -0.15) is 23.5 Å². The lowest BCUT2D eigenvalue weighted by Gasteiger charge is -2.21. The normalized spacial score (nSPS) is 13.2. The number of aryl methyl sites for hydroxylation is 1. The first kappa shape index (κ1) is 37.8. The molecule has 0 saturated carbocycles. The van der Waals surface area contributed by atoms with Gasteiger partial charge in [-0.3, -0.25) is 14.6 Å². The molecule has 1 atom stereocenters. The zero-order valence-corrected chi connectivity index (χ0v) is 25.8. The predicted molar refractivity (Wildman–Crippen MR) is 158 cm³/mol. The summed E-state index contributed by atoms with van der Waals surface area (Å²) in [6.45, 7) is 16.1. The van der Waals surface area contributed by atoms with Crippen LogP contribution in [0.25, 0.3) is 0 Å². The number of hydrogen-bond acceptors (Lipinski definition) is 5. The van der Waals surface area contributed by atoms with Gasteiger partial charge in [0.1, 0.15) is 11.6 Å². The van der Waals surface area contributed by atoms with Crippen LogP contribution in [0.4, 0.5) is 13.2 Å². The van der Waals surface area contributed by atoms with Crippen LogP contribution in [0, 0.1) is 18.3 Å². The number of hydrogen-bond donors (Lipinski definition) is 1. The van der Waals surface area contributed by atoms with Crippen molar-refractivity contribution in [2.75, 3.05) is 13.1 Å². The Hall–Kier alpha value is -3.22. The first-order chi connectivity index (χ1) is 19.5. The molecule has 1 amide bonds. The van der Waals surface area contributed by atoms with E-state index in [1.54, 1.807) is 12.3 Å². The number of nitriles is 1. The summed E-state index contributed by atoms with van der Waals surface area (Å²) in [6, 6.07) is 5.56. The van der Waals surface area contributed by atoms with E-state index in [0.29, 0.717) is 36.4 Å². The number of carbonyl (C=O) groups excluding carboxylic acids is 1. The minimum atomic E-state index is -4.59. The van der Waals surface area contributed by atoms with Gasteiger partial charge >= 0.3 is 6.18 Å². The molecule has 2 heterocycles. The second-order valence-corrected chi connectivity index (χ2v) is 9.57. The summed E-state index contributed by atoms with van der Waals surface area (Å²) in [5.74, 6) is 0.374. The summed E-state index contributed by atoms with van der Waals surface area (Å²) in [4.78, 5) is 28.8. The van der Waals surface area contributed by atoms with E-state index in [0.717, 1.165) is 44.5 Å². The lowest BCUT2D eigenvalue weighted by atomic mass is 10.0. The Kier molecular flexibility index (Phi) is 19.0. The summed E-state index contributed by atoms with van der Waals surface area (Å²) in [7, 11) is 0. The third kappa shape index (κ3) is 13.3. The van der Waals surface area contributed by atoms with Crippen LogP contribution in [0.15, 0.2) is 23.1 Å². The van der Waals surface area contributed by atoms with Crippen LogP contribution < -0.4 is 5.56 Å². The molecular formula is C31H48F3N5O2. The summed E-state index contributed by atoms with van der Waals surface area (Å²) in [6.07, 6.45) is 5.01. The number of pyridine rings is 1. The molecule has 0 spiro atoms. The zero-order chi connectivity index (χ0) is 31.4. The Morgan fingerprint density at radius 3 is 2.27 bits per heavy atom. The summed E-state index contributed by atoms with van der Waals surface area (Å²) >= 11 is 0. The molecule has 2 aromatic rings. The van der Waals surface area contributed by atoms with Gasteiger partial charge in [-0.25, -0.2) is 5.10 Å². The van der Waals surface area contributed by atoms with Gasteiger partial charge in [0, 0.05) is 37.3 Å². The number of alkyl halides is 3. The van der Waals surface area contributed by atoms with E-state index >= 15 is 0 Å². The Bertz CT molecular complexity index is 1110. The third-order valence-corrected chi connectivity index (χ3v) is 6.40.